The molecular formula is C11H12N2O2. The molecule has 2 N–H and O–H groups in total. The molecule has 0 aromatic heterocycles. The first kappa shape index (κ1) is 9.71. The highest BCUT2D eigenvalue weighted by Gasteiger charge is 2.36. The molecule has 0 aliphatic carbocycles. The quantitative estimate of drug-likeness (QED) is 0.778. The van der Waals surface area contributed by atoms with Crippen LogP contribution in [0.25, 0.3) is 0 Å². The van der Waals surface area contributed by atoms with Crippen molar-refractivity contribution in [3.05, 3.63) is 35.9 Å². The van der Waals surface area contributed by atoms with Crippen molar-refractivity contribution in [2.75, 3.05) is 0 Å². The summed E-state index contributed by atoms with van der Waals surface area (Å²) in [6.45, 7) is 1.79. The van der Waals surface area contributed by atoms with E-state index in [0.29, 0.717) is 5.71 Å². The summed E-state index contributed by atoms with van der Waals surface area (Å²) in [5.41, 5.74) is 6.82. The Bertz CT molecular complexity index is 400. The minimum atomic E-state index is -0.451. The third-order valence-corrected chi connectivity index (χ3v) is 2.46. The SMILES string of the molecule is C[C@@H]1ON=C(c2ccccc2)[C@H]1C(N)=O. The molecule has 0 fully saturated rings. The van der Waals surface area contributed by atoms with E-state index in [4.69, 9.17) is 10.6 Å². The zero-order valence-corrected chi connectivity index (χ0v) is 8.38. The van der Waals surface area contributed by atoms with Gasteiger partial charge in [-0.2, -0.15) is 0 Å². The molecule has 0 spiro atoms. The lowest BCUT2D eigenvalue weighted by molar-refractivity contribution is -0.122. The van der Waals surface area contributed by atoms with Gasteiger partial charge in [-0.25, -0.2) is 0 Å². The van der Waals surface area contributed by atoms with Crippen LogP contribution < -0.4 is 5.73 Å². The Morgan fingerprint density at radius 1 is 1.40 bits per heavy atom. The van der Waals surface area contributed by atoms with E-state index in [1.807, 2.05) is 30.3 Å². The van der Waals surface area contributed by atoms with Crippen molar-refractivity contribution < 1.29 is 9.63 Å². The first-order valence-electron chi connectivity index (χ1n) is 4.78. The highest BCUT2D eigenvalue weighted by Crippen LogP contribution is 2.22. The summed E-state index contributed by atoms with van der Waals surface area (Å²) in [5, 5.41) is 3.91. The molecule has 1 aliphatic rings. The first-order valence-corrected chi connectivity index (χ1v) is 4.78. The number of nitrogens with two attached hydrogens (primary N) is 1. The Balaban J connectivity index is 2.34. The molecule has 4 heteroatoms. The fourth-order valence-corrected chi connectivity index (χ4v) is 1.69. The van der Waals surface area contributed by atoms with Crippen LogP contribution in [0, 0.1) is 5.92 Å². The zero-order valence-electron chi connectivity index (χ0n) is 8.38. The number of amides is 1. The number of hydrogen-bond acceptors (Lipinski definition) is 3. The monoisotopic (exact) mass is 204 g/mol. The minimum absolute atomic E-state index is 0.280. The van der Waals surface area contributed by atoms with Crippen molar-refractivity contribution in [2.45, 2.75) is 13.0 Å². The third-order valence-electron chi connectivity index (χ3n) is 2.46. The first-order chi connectivity index (χ1) is 7.20. The molecule has 1 aromatic rings. The average Bonchev–Trinajstić information content (AvgIpc) is 2.61. The van der Waals surface area contributed by atoms with Crippen molar-refractivity contribution in [3.63, 3.8) is 0 Å². The third kappa shape index (κ3) is 1.70. The largest absolute Gasteiger partial charge is 0.391 e. The lowest BCUT2D eigenvalue weighted by Gasteiger charge is -2.10. The van der Waals surface area contributed by atoms with E-state index in [0.717, 1.165) is 5.56 Å². The van der Waals surface area contributed by atoms with Crippen LogP contribution in [0.2, 0.25) is 0 Å². The Morgan fingerprint density at radius 2 is 2.07 bits per heavy atom. The van der Waals surface area contributed by atoms with Crippen molar-refractivity contribution in [1.29, 1.82) is 0 Å². The Morgan fingerprint density at radius 3 is 2.67 bits per heavy atom. The fraction of sp³-hybridized carbons (Fsp3) is 0.273. The number of oxime groups is 1. The molecule has 0 unspecified atom stereocenters. The summed E-state index contributed by atoms with van der Waals surface area (Å²) >= 11 is 0. The lowest BCUT2D eigenvalue weighted by Crippen LogP contribution is -2.35. The lowest BCUT2D eigenvalue weighted by atomic mass is 9.93. The Hall–Kier alpha value is -1.84. The van der Waals surface area contributed by atoms with Crippen LogP contribution in [0.15, 0.2) is 35.5 Å². The normalized spacial score (nSPS) is 24.5. The molecule has 15 heavy (non-hydrogen) atoms. The second kappa shape index (κ2) is 3.73. The van der Waals surface area contributed by atoms with Gasteiger partial charge in [0.15, 0.2) is 0 Å². The molecule has 0 saturated heterocycles. The van der Waals surface area contributed by atoms with Crippen LogP contribution in [-0.4, -0.2) is 17.7 Å². The van der Waals surface area contributed by atoms with E-state index >= 15 is 0 Å². The summed E-state index contributed by atoms with van der Waals surface area (Å²) in [6.07, 6.45) is -0.280. The zero-order chi connectivity index (χ0) is 10.8. The number of benzene rings is 1. The van der Waals surface area contributed by atoms with E-state index in [1.54, 1.807) is 6.92 Å². The van der Waals surface area contributed by atoms with E-state index < -0.39 is 11.8 Å². The molecule has 0 saturated carbocycles. The predicted molar refractivity (Wildman–Crippen MR) is 56.2 cm³/mol. The highest BCUT2D eigenvalue weighted by atomic mass is 16.6. The summed E-state index contributed by atoms with van der Waals surface area (Å²) < 4.78 is 0. The van der Waals surface area contributed by atoms with E-state index in [9.17, 15) is 4.79 Å². The standard InChI is InChI=1S/C11H12N2O2/c1-7-9(11(12)14)10(13-15-7)8-5-3-2-4-6-8/h2-7,9H,1H3,(H2,12,14)/t7-,9-/m0/s1. The van der Waals surface area contributed by atoms with Crippen molar-refractivity contribution >= 4 is 11.6 Å². The molecule has 2 atom stereocenters. The van der Waals surface area contributed by atoms with Gasteiger partial charge in [0.25, 0.3) is 0 Å². The molecule has 1 aliphatic heterocycles. The van der Waals surface area contributed by atoms with Crippen LogP contribution in [0.3, 0.4) is 0 Å². The van der Waals surface area contributed by atoms with Crippen LogP contribution in [-0.2, 0) is 9.63 Å². The molecule has 1 amide bonds. The molecular weight excluding hydrogens is 192 g/mol. The maximum Gasteiger partial charge on any atom is 0.230 e. The molecule has 1 heterocycles. The fourth-order valence-electron chi connectivity index (χ4n) is 1.69. The van der Waals surface area contributed by atoms with Gasteiger partial charge in [0, 0.05) is 5.56 Å². The van der Waals surface area contributed by atoms with Crippen LogP contribution in [0.1, 0.15) is 12.5 Å². The van der Waals surface area contributed by atoms with Gasteiger partial charge in [-0.05, 0) is 6.92 Å². The second-order valence-corrected chi connectivity index (χ2v) is 3.53. The average molecular weight is 204 g/mol. The number of carbonyl (C=O) groups excluding carboxylic acids is 1. The Labute approximate surface area is 87.7 Å². The van der Waals surface area contributed by atoms with Crippen molar-refractivity contribution in [3.8, 4) is 0 Å². The number of nitrogens with zero attached hydrogens (tertiary/aromatic N) is 1. The number of carbonyl (C=O) groups is 1. The summed E-state index contributed by atoms with van der Waals surface area (Å²) in [5.74, 6) is -0.852. The van der Waals surface area contributed by atoms with E-state index in [-0.39, 0.29) is 6.10 Å². The summed E-state index contributed by atoms with van der Waals surface area (Å²) in [7, 11) is 0. The Kier molecular flexibility index (Phi) is 2.41. The molecule has 78 valence electrons. The van der Waals surface area contributed by atoms with Gasteiger partial charge in [-0.3, -0.25) is 4.79 Å². The van der Waals surface area contributed by atoms with Gasteiger partial charge in [0.1, 0.15) is 17.7 Å². The smallest absolute Gasteiger partial charge is 0.230 e. The van der Waals surface area contributed by atoms with E-state index in [2.05, 4.69) is 5.16 Å². The summed E-state index contributed by atoms with van der Waals surface area (Å²) in [4.78, 5) is 16.3. The second-order valence-electron chi connectivity index (χ2n) is 3.53. The highest BCUT2D eigenvalue weighted by molar-refractivity contribution is 6.13. The molecule has 1 aromatic carbocycles. The van der Waals surface area contributed by atoms with Crippen LogP contribution >= 0.6 is 0 Å². The van der Waals surface area contributed by atoms with Gasteiger partial charge >= 0.3 is 0 Å². The topological polar surface area (TPSA) is 64.7 Å². The predicted octanol–water partition coefficient (Wildman–Crippen LogP) is 0.911. The van der Waals surface area contributed by atoms with Crippen LogP contribution in [0.5, 0.6) is 0 Å². The van der Waals surface area contributed by atoms with Crippen molar-refractivity contribution in [1.82, 2.24) is 0 Å². The van der Waals surface area contributed by atoms with Crippen LogP contribution in [0.4, 0.5) is 0 Å². The van der Waals surface area contributed by atoms with Gasteiger partial charge < -0.3 is 10.6 Å². The minimum Gasteiger partial charge on any atom is -0.391 e. The molecule has 2 rings (SSSR count). The number of hydrogen-bond donors (Lipinski definition) is 1. The number of primary amides is 1. The van der Waals surface area contributed by atoms with E-state index in [1.165, 1.54) is 0 Å². The molecule has 0 radical (unpaired) electrons. The summed E-state index contributed by atoms with van der Waals surface area (Å²) in [6, 6.07) is 9.45. The maximum absolute atomic E-state index is 11.3. The van der Waals surface area contributed by atoms with Gasteiger partial charge in [-0.1, -0.05) is 35.5 Å². The van der Waals surface area contributed by atoms with Gasteiger partial charge in [-0.15, -0.1) is 0 Å². The van der Waals surface area contributed by atoms with Gasteiger partial charge in [0.05, 0.1) is 0 Å². The molecule has 4 nitrogen and oxygen atoms in total. The number of rotatable bonds is 2. The van der Waals surface area contributed by atoms with Crippen molar-refractivity contribution in [2.24, 2.45) is 16.8 Å². The van der Waals surface area contributed by atoms with Gasteiger partial charge in [0.2, 0.25) is 5.91 Å². The molecule has 0 bridgehead atoms. The maximum atomic E-state index is 11.3.